The second-order valence-electron chi connectivity index (χ2n) is 5.34. The molecule has 7 heteroatoms. The quantitative estimate of drug-likeness (QED) is 0.914. The summed E-state index contributed by atoms with van der Waals surface area (Å²) >= 11 is 0. The van der Waals surface area contributed by atoms with Crippen molar-refractivity contribution in [3.63, 3.8) is 0 Å². The van der Waals surface area contributed by atoms with Gasteiger partial charge in [0, 0.05) is 6.61 Å². The van der Waals surface area contributed by atoms with E-state index in [1.54, 1.807) is 6.07 Å². The third kappa shape index (κ3) is 3.19. The molecule has 2 amide bonds. The minimum Gasteiger partial charge on any atom is -0.442 e. The molecule has 1 aromatic carbocycles. The monoisotopic (exact) mass is 308 g/mol. The predicted molar refractivity (Wildman–Crippen MR) is 76.0 cm³/mol. The summed E-state index contributed by atoms with van der Waals surface area (Å²) in [5, 5.41) is 2.73. The van der Waals surface area contributed by atoms with E-state index < -0.39 is 24.1 Å². The molecule has 2 aliphatic rings. The van der Waals surface area contributed by atoms with Gasteiger partial charge in [-0.2, -0.15) is 0 Å². The number of cyclic esters (lactones) is 1. The van der Waals surface area contributed by atoms with Gasteiger partial charge in [-0.05, 0) is 31.0 Å². The SMILES string of the molecule is O=C(NCC1CN(c2cccc(F)c2)C(=O)O1)C1CCCO1. The van der Waals surface area contributed by atoms with E-state index >= 15 is 0 Å². The van der Waals surface area contributed by atoms with Crippen molar-refractivity contribution in [1.82, 2.24) is 5.32 Å². The maximum Gasteiger partial charge on any atom is 0.414 e. The lowest BCUT2D eigenvalue weighted by atomic mass is 10.2. The van der Waals surface area contributed by atoms with Crippen LogP contribution in [0.3, 0.4) is 0 Å². The number of ether oxygens (including phenoxy) is 2. The van der Waals surface area contributed by atoms with E-state index in [0.717, 1.165) is 6.42 Å². The molecule has 118 valence electrons. The van der Waals surface area contributed by atoms with Crippen LogP contribution in [0.1, 0.15) is 12.8 Å². The topological polar surface area (TPSA) is 67.9 Å². The summed E-state index contributed by atoms with van der Waals surface area (Å²) in [7, 11) is 0. The Balaban J connectivity index is 1.54. The first-order valence-electron chi connectivity index (χ1n) is 7.26. The van der Waals surface area contributed by atoms with Gasteiger partial charge in [-0.1, -0.05) is 6.07 Å². The lowest BCUT2D eigenvalue weighted by molar-refractivity contribution is -0.130. The van der Waals surface area contributed by atoms with Gasteiger partial charge in [0.2, 0.25) is 5.91 Å². The van der Waals surface area contributed by atoms with E-state index in [1.807, 2.05) is 0 Å². The summed E-state index contributed by atoms with van der Waals surface area (Å²) < 4.78 is 23.7. The molecule has 3 rings (SSSR count). The molecule has 2 saturated heterocycles. The molecule has 0 aliphatic carbocycles. The van der Waals surface area contributed by atoms with Crippen LogP contribution in [-0.4, -0.2) is 43.9 Å². The van der Waals surface area contributed by atoms with Gasteiger partial charge >= 0.3 is 6.09 Å². The standard InChI is InChI=1S/C15H17FN2O4/c16-10-3-1-4-11(7-10)18-9-12(22-15(18)20)8-17-14(19)13-5-2-6-21-13/h1,3-4,7,12-13H,2,5-6,8-9H2,(H,17,19). The number of rotatable bonds is 4. The van der Waals surface area contributed by atoms with Crippen LogP contribution in [0, 0.1) is 5.82 Å². The van der Waals surface area contributed by atoms with E-state index in [9.17, 15) is 14.0 Å². The summed E-state index contributed by atoms with van der Waals surface area (Å²) in [4.78, 5) is 25.0. The summed E-state index contributed by atoms with van der Waals surface area (Å²) in [5.74, 6) is -0.599. The highest BCUT2D eigenvalue weighted by Gasteiger charge is 2.33. The van der Waals surface area contributed by atoms with E-state index in [2.05, 4.69) is 5.32 Å². The van der Waals surface area contributed by atoms with Crippen molar-refractivity contribution in [2.45, 2.75) is 25.0 Å². The van der Waals surface area contributed by atoms with Crippen molar-refractivity contribution < 1.29 is 23.5 Å². The summed E-state index contributed by atoms with van der Waals surface area (Å²) in [6.45, 7) is 1.09. The van der Waals surface area contributed by atoms with Crippen molar-refractivity contribution in [1.29, 1.82) is 0 Å². The number of carbonyl (C=O) groups excluding carboxylic acids is 2. The number of benzene rings is 1. The van der Waals surface area contributed by atoms with Crippen molar-refractivity contribution in [3.05, 3.63) is 30.1 Å². The van der Waals surface area contributed by atoms with Gasteiger partial charge in [0.15, 0.2) is 0 Å². The van der Waals surface area contributed by atoms with E-state index in [-0.39, 0.29) is 19.0 Å². The molecule has 1 N–H and O–H groups in total. The molecule has 2 unspecified atom stereocenters. The Morgan fingerprint density at radius 1 is 1.45 bits per heavy atom. The minimum atomic E-state index is -0.540. The van der Waals surface area contributed by atoms with Gasteiger partial charge in [0.05, 0.1) is 18.8 Å². The van der Waals surface area contributed by atoms with Gasteiger partial charge in [-0.15, -0.1) is 0 Å². The second-order valence-corrected chi connectivity index (χ2v) is 5.34. The number of nitrogens with zero attached hydrogens (tertiary/aromatic N) is 1. The third-order valence-electron chi connectivity index (χ3n) is 3.72. The predicted octanol–water partition coefficient (Wildman–Crippen LogP) is 1.45. The second kappa shape index (κ2) is 6.31. The Labute approximate surface area is 127 Å². The first-order chi connectivity index (χ1) is 10.6. The van der Waals surface area contributed by atoms with Gasteiger partial charge in [0.25, 0.3) is 0 Å². The zero-order valence-electron chi connectivity index (χ0n) is 12.0. The largest absolute Gasteiger partial charge is 0.442 e. The number of anilines is 1. The zero-order valence-corrected chi connectivity index (χ0v) is 12.0. The number of hydrogen-bond acceptors (Lipinski definition) is 4. The van der Waals surface area contributed by atoms with E-state index in [0.29, 0.717) is 18.7 Å². The molecule has 22 heavy (non-hydrogen) atoms. The average molecular weight is 308 g/mol. The van der Waals surface area contributed by atoms with Crippen LogP contribution >= 0.6 is 0 Å². The number of carbonyl (C=O) groups is 2. The number of nitrogens with one attached hydrogen (secondary N) is 1. The summed E-state index contributed by atoms with van der Waals surface area (Å²) in [6, 6.07) is 5.75. The summed E-state index contributed by atoms with van der Waals surface area (Å²) in [6.07, 6.45) is 0.190. The van der Waals surface area contributed by atoms with Crippen LogP contribution in [0.25, 0.3) is 0 Å². The fourth-order valence-corrected chi connectivity index (χ4v) is 2.60. The van der Waals surface area contributed by atoms with Crippen molar-refractivity contribution in [2.24, 2.45) is 0 Å². The van der Waals surface area contributed by atoms with Crippen molar-refractivity contribution >= 4 is 17.7 Å². The maximum absolute atomic E-state index is 13.2. The molecule has 0 aromatic heterocycles. The first kappa shape index (κ1) is 14.8. The summed E-state index contributed by atoms with van der Waals surface area (Å²) in [5.41, 5.74) is 0.443. The highest BCUT2D eigenvalue weighted by Crippen LogP contribution is 2.22. The molecule has 0 saturated carbocycles. The Bertz CT molecular complexity index is 574. The fourth-order valence-electron chi connectivity index (χ4n) is 2.60. The lowest BCUT2D eigenvalue weighted by Crippen LogP contribution is -2.40. The molecular weight excluding hydrogens is 291 g/mol. The average Bonchev–Trinajstić information content (AvgIpc) is 3.14. The van der Waals surface area contributed by atoms with Crippen LogP contribution in [0.4, 0.5) is 14.9 Å². The molecule has 0 bridgehead atoms. The van der Waals surface area contributed by atoms with Gasteiger partial charge in [-0.25, -0.2) is 9.18 Å². The van der Waals surface area contributed by atoms with E-state index in [4.69, 9.17) is 9.47 Å². The third-order valence-corrected chi connectivity index (χ3v) is 3.72. The Hall–Kier alpha value is -2.15. The smallest absolute Gasteiger partial charge is 0.414 e. The van der Waals surface area contributed by atoms with Crippen LogP contribution in [-0.2, 0) is 14.3 Å². The van der Waals surface area contributed by atoms with Crippen LogP contribution in [0.15, 0.2) is 24.3 Å². The Kier molecular flexibility index (Phi) is 4.24. The first-order valence-corrected chi connectivity index (χ1v) is 7.26. The minimum absolute atomic E-state index is 0.183. The van der Waals surface area contributed by atoms with Crippen molar-refractivity contribution in [3.8, 4) is 0 Å². The van der Waals surface area contributed by atoms with Crippen molar-refractivity contribution in [2.75, 3.05) is 24.6 Å². The maximum atomic E-state index is 13.2. The molecule has 0 spiro atoms. The number of hydrogen-bond donors (Lipinski definition) is 1. The Morgan fingerprint density at radius 2 is 2.32 bits per heavy atom. The molecular formula is C15H17FN2O4. The molecule has 2 atom stereocenters. The lowest BCUT2D eigenvalue weighted by Gasteiger charge is -2.14. The molecule has 1 aromatic rings. The highest BCUT2D eigenvalue weighted by molar-refractivity contribution is 5.89. The molecule has 2 heterocycles. The fraction of sp³-hybridized carbons (Fsp3) is 0.467. The van der Waals surface area contributed by atoms with Gasteiger partial charge in [-0.3, -0.25) is 9.69 Å². The highest BCUT2D eigenvalue weighted by atomic mass is 19.1. The normalized spacial score (nSPS) is 24.4. The molecule has 2 aliphatic heterocycles. The number of halogens is 1. The van der Waals surface area contributed by atoms with Gasteiger partial charge in [0.1, 0.15) is 18.0 Å². The molecule has 2 fully saturated rings. The van der Waals surface area contributed by atoms with E-state index in [1.165, 1.54) is 23.1 Å². The molecule has 0 radical (unpaired) electrons. The van der Waals surface area contributed by atoms with Crippen LogP contribution < -0.4 is 10.2 Å². The zero-order chi connectivity index (χ0) is 15.5. The molecule has 6 nitrogen and oxygen atoms in total. The number of amides is 2. The van der Waals surface area contributed by atoms with Crippen LogP contribution in [0.5, 0.6) is 0 Å². The Morgan fingerprint density at radius 3 is 3.05 bits per heavy atom. The van der Waals surface area contributed by atoms with Crippen LogP contribution in [0.2, 0.25) is 0 Å². The van der Waals surface area contributed by atoms with Gasteiger partial charge < -0.3 is 14.8 Å².